The molecule has 1 aromatic rings. The summed E-state index contributed by atoms with van der Waals surface area (Å²) in [6.07, 6.45) is 0. The Balaban J connectivity index is 2.40. The molecule has 0 spiro atoms. The monoisotopic (exact) mass is 231 g/mol. The van der Waals surface area contributed by atoms with Crippen LogP contribution in [0.25, 0.3) is 0 Å². The first-order valence-electron chi connectivity index (χ1n) is 4.33. The van der Waals surface area contributed by atoms with Crippen LogP contribution in [0.15, 0.2) is 5.38 Å². The standard InChI is InChI=1S/C9H13NO2S2/c1-6(2)9-10-7(4-14-9)3-13-5-8(11)12/h4,6H,3,5H2,1-2H3,(H,11,12). The minimum atomic E-state index is -0.769. The van der Waals surface area contributed by atoms with Crippen LogP contribution in [-0.4, -0.2) is 21.8 Å². The number of hydrogen-bond acceptors (Lipinski definition) is 4. The second kappa shape index (κ2) is 5.36. The van der Waals surface area contributed by atoms with Crippen molar-refractivity contribution in [3.63, 3.8) is 0 Å². The van der Waals surface area contributed by atoms with E-state index in [9.17, 15) is 4.79 Å². The third-order valence-corrected chi connectivity index (χ3v) is 3.68. The summed E-state index contributed by atoms with van der Waals surface area (Å²) in [6, 6.07) is 0. The molecule has 3 nitrogen and oxygen atoms in total. The Morgan fingerprint density at radius 3 is 2.93 bits per heavy atom. The Kier molecular flexibility index (Phi) is 4.41. The molecule has 0 aliphatic rings. The first-order chi connectivity index (χ1) is 6.59. The number of thioether (sulfide) groups is 1. The van der Waals surface area contributed by atoms with E-state index >= 15 is 0 Å². The number of nitrogens with zero attached hydrogens (tertiary/aromatic N) is 1. The topological polar surface area (TPSA) is 50.2 Å². The van der Waals surface area contributed by atoms with Gasteiger partial charge in [0.15, 0.2) is 0 Å². The molecule has 78 valence electrons. The van der Waals surface area contributed by atoms with E-state index < -0.39 is 5.97 Å². The number of rotatable bonds is 5. The molecule has 14 heavy (non-hydrogen) atoms. The van der Waals surface area contributed by atoms with Gasteiger partial charge < -0.3 is 5.11 Å². The summed E-state index contributed by atoms with van der Waals surface area (Å²) >= 11 is 3.03. The molecule has 0 radical (unpaired) electrons. The van der Waals surface area contributed by atoms with Gasteiger partial charge in [0.05, 0.1) is 16.5 Å². The van der Waals surface area contributed by atoms with Gasteiger partial charge in [0.2, 0.25) is 0 Å². The minimum Gasteiger partial charge on any atom is -0.481 e. The van der Waals surface area contributed by atoms with Crippen LogP contribution in [-0.2, 0) is 10.5 Å². The van der Waals surface area contributed by atoms with Crippen molar-refractivity contribution in [3.8, 4) is 0 Å². The average molecular weight is 231 g/mol. The van der Waals surface area contributed by atoms with Gasteiger partial charge in [-0.05, 0) is 0 Å². The van der Waals surface area contributed by atoms with Crippen LogP contribution < -0.4 is 0 Å². The maximum absolute atomic E-state index is 10.3. The highest BCUT2D eigenvalue weighted by atomic mass is 32.2. The number of carboxylic acids is 1. The van der Waals surface area contributed by atoms with Gasteiger partial charge in [0.25, 0.3) is 0 Å². The first kappa shape index (κ1) is 11.5. The number of aliphatic carboxylic acids is 1. The maximum atomic E-state index is 10.3. The summed E-state index contributed by atoms with van der Waals surface area (Å²) in [7, 11) is 0. The highest BCUT2D eigenvalue weighted by Crippen LogP contribution is 2.21. The molecule has 0 bridgehead atoms. The van der Waals surface area contributed by atoms with Gasteiger partial charge in [-0.1, -0.05) is 13.8 Å². The zero-order chi connectivity index (χ0) is 10.6. The fourth-order valence-corrected chi connectivity index (χ4v) is 2.47. The lowest BCUT2D eigenvalue weighted by Crippen LogP contribution is -1.98. The highest BCUT2D eigenvalue weighted by molar-refractivity contribution is 7.99. The molecule has 1 heterocycles. The van der Waals surface area contributed by atoms with E-state index in [1.807, 2.05) is 5.38 Å². The van der Waals surface area contributed by atoms with Crippen molar-refractivity contribution in [3.05, 3.63) is 16.1 Å². The molecule has 1 rings (SSSR count). The van der Waals surface area contributed by atoms with Crippen molar-refractivity contribution < 1.29 is 9.90 Å². The fraction of sp³-hybridized carbons (Fsp3) is 0.556. The largest absolute Gasteiger partial charge is 0.481 e. The molecule has 5 heteroatoms. The van der Waals surface area contributed by atoms with E-state index in [4.69, 9.17) is 5.11 Å². The average Bonchev–Trinajstić information content (AvgIpc) is 2.52. The molecule has 0 fully saturated rings. The number of hydrogen-bond donors (Lipinski definition) is 1. The number of thiazole rings is 1. The molecule has 0 aliphatic carbocycles. The summed E-state index contributed by atoms with van der Waals surface area (Å²) in [6.45, 7) is 4.21. The van der Waals surface area contributed by atoms with Crippen LogP contribution in [0.3, 0.4) is 0 Å². The molecule has 0 unspecified atom stereocenters. The molecule has 0 aliphatic heterocycles. The predicted molar refractivity (Wildman–Crippen MR) is 60.0 cm³/mol. The van der Waals surface area contributed by atoms with Gasteiger partial charge in [-0.2, -0.15) is 0 Å². The van der Waals surface area contributed by atoms with Gasteiger partial charge in [0.1, 0.15) is 0 Å². The number of aromatic nitrogens is 1. The third-order valence-electron chi connectivity index (χ3n) is 1.54. The second-order valence-electron chi connectivity index (χ2n) is 3.22. The Labute approximate surface area is 91.6 Å². The fourth-order valence-electron chi connectivity index (χ4n) is 0.897. The molecule has 0 amide bonds. The van der Waals surface area contributed by atoms with Crippen molar-refractivity contribution in [2.75, 3.05) is 5.75 Å². The van der Waals surface area contributed by atoms with Gasteiger partial charge in [-0.3, -0.25) is 4.79 Å². The normalized spacial score (nSPS) is 10.8. The lowest BCUT2D eigenvalue weighted by Gasteiger charge is -1.97. The van der Waals surface area contributed by atoms with E-state index in [1.165, 1.54) is 11.8 Å². The second-order valence-corrected chi connectivity index (χ2v) is 5.09. The predicted octanol–water partition coefficient (Wildman–Crippen LogP) is 2.58. The lowest BCUT2D eigenvalue weighted by atomic mass is 10.2. The van der Waals surface area contributed by atoms with E-state index in [1.54, 1.807) is 11.3 Å². The summed E-state index contributed by atoms with van der Waals surface area (Å²) in [5.74, 6) is 0.525. The SMILES string of the molecule is CC(C)c1nc(CSCC(=O)O)cs1. The Morgan fingerprint density at radius 1 is 1.71 bits per heavy atom. The molecule has 0 aromatic carbocycles. The summed E-state index contributed by atoms with van der Waals surface area (Å²) < 4.78 is 0. The number of carbonyl (C=O) groups is 1. The highest BCUT2D eigenvalue weighted by Gasteiger charge is 2.06. The van der Waals surface area contributed by atoms with Crippen molar-refractivity contribution >= 4 is 29.1 Å². The van der Waals surface area contributed by atoms with Crippen molar-refractivity contribution in [2.24, 2.45) is 0 Å². The summed E-state index contributed by atoms with van der Waals surface area (Å²) in [5.41, 5.74) is 0.991. The Hall–Kier alpha value is -0.550. The van der Waals surface area contributed by atoms with Crippen LogP contribution >= 0.6 is 23.1 Å². The lowest BCUT2D eigenvalue weighted by molar-refractivity contribution is -0.133. The molecule has 0 atom stereocenters. The minimum absolute atomic E-state index is 0.147. The van der Waals surface area contributed by atoms with Crippen LogP contribution in [0, 0.1) is 0 Å². The van der Waals surface area contributed by atoms with E-state index in [2.05, 4.69) is 18.8 Å². The zero-order valence-corrected chi connectivity index (χ0v) is 9.82. The van der Waals surface area contributed by atoms with Crippen LogP contribution in [0.4, 0.5) is 0 Å². The van der Waals surface area contributed by atoms with E-state index in [0.29, 0.717) is 11.7 Å². The molecule has 1 N–H and O–H groups in total. The summed E-state index contributed by atoms with van der Waals surface area (Å²) in [5, 5.41) is 11.6. The molecular formula is C9H13NO2S2. The van der Waals surface area contributed by atoms with Gasteiger partial charge in [0, 0.05) is 17.1 Å². The molecule has 0 saturated heterocycles. The third kappa shape index (κ3) is 3.67. The van der Waals surface area contributed by atoms with Crippen LogP contribution in [0.5, 0.6) is 0 Å². The maximum Gasteiger partial charge on any atom is 0.313 e. The quantitative estimate of drug-likeness (QED) is 0.846. The molecular weight excluding hydrogens is 218 g/mol. The first-order valence-corrected chi connectivity index (χ1v) is 6.37. The van der Waals surface area contributed by atoms with E-state index in [-0.39, 0.29) is 5.75 Å². The van der Waals surface area contributed by atoms with Gasteiger partial charge in [-0.25, -0.2) is 4.98 Å². The Bertz CT molecular complexity index is 310. The van der Waals surface area contributed by atoms with Crippen LogP contribution in [0.1, 0.15) is 30.5 Å². The van der Waals surface area contributed by atoms with Crippen LogP contribution in [0.2, 0.25) is 0 Å². The van der Waals surface area contributed by atoms with Gasteiger partial charge in [-0.15, -0.1) is 23.1 Å². The zero-order valence-electron chi connectivity index (χ0n) is 8.19. The van der Waals surface area contributed by atoms with Crippen molar-refractivity contribution in [1.82, 2.24) is 4.98 Å². The molecule has 0 saturated carbocycles. The summed E-state index contributed by atoms with van der Waals surface area (Å²) in [4.78, 5) is 14.7. The van der Waals surface area contributed by atoms with Crippen molar-refractivity contribution in [1.29, 1.82) is 0 Å². The number of carboxylic acid groups (broad SMARTS) is 1. The molecule has 1 aromatic heterocycles. The van der Waals surface area contributed by atoms with Gasteiger partial charge >= 0.3 is 5.97 Å². The smallest absolute Gasteiger partial charge is 0.313 e. The van der Waals surface area contributed by atoms with Crippen molar-refractivity contribution in [2.45, 2.75) is 25.5 Å². The van der Waals surface area contributed by atoms with E-state index in [0.717, 1.165) is 10.7 Å². The Morgan fingerprint density at radius 2 is 2.43 bits per heavy atom.